The van der Waals surface area contributed by atoms with E-state index >= 15 is 0 Å². The summed E-state index contributed by atoms with van der Waals surface area (Å²) in [5.74, 6) is -0.490. The van der Waals surface area contributed by atoms with Crippen LogP contribution in [0.1, 0.15) is 36.8 Å². The number of carbonyl (C=O) groups excluding carboxylic acids is 2. The molecule has 112 valence electrons. The van der Waals surface area contributed by atoms with Crippen LogP contribution < -0.4 is 10.6 Å². The van der Waals surface area contributed by atoms with Gasteiger partial charge >= 0.3 is 0 Å². The number of benzene rings is 1. The molecule has 3 N–H and O–H groups in total. The summed E-state index contributed by atoms with van der Waals surface area (Å²) >= 11 is 0. The lowest BCUT2D eigenvalue weighted by Crippen LogP contribution is -2.45. The Morgan fingerprint density at radius 3 is 2.57 bits per heavy atom. The van der Waals surface area contributed by atoms with E-state index in [2.05, 4.69) is 15.6 Å². The quantitative estimate of drug-likeness (QED) is 0.809. The highest BCUT2D eigenvalue weighted by atomic mass is 16.2. The van der Waals surface area contributed by atoms with Crippen molar-refractivity contribution in [3.05, 3.63) is 35.5 Å². The molecule has 1 heterocycles. The smallest absolute Gasteiger partial charge is 0.268 e. The summed E-state index contributed by atoms with van der Waals surface area (Å²) in [6.07, 6.45) is 0. The fourth-order valence-electron chi connectivity index (χ4n) is 2.08. The minimum absolute atomic E-state index is 0.0372. The number of aromatic nitrogens is 1. The molecule has 0 unspecified atom stereocenters. The number of hydrogen-bond acceptors (Lipinski definition) is 2. The van der Waals surface area contributed by atoms with Gasteiger partial charge in [0.25, 0.3) is 5.91 Å². The summed E-state index contributed by atoms with van der Waals surface area (Å²) in [4.78, 5) is 26.8. The Morgan fingerprint density at radius 1 is 1.19 bits per heavy atom. The molecule has 2 amide bonds. The molecule has 0 spiro atoms. The molecule has 2 aromatic rings. The van der Waals surface area contributed by atoms with E-state index in [4.69, 9.17) is 0 Å². The molecular formula is C16H21N3O2. The molecule has 1 aromatic carbocycles. The average molecular weight is 287 g/mol. The normalized spacial score (nSPS) is 11.4. The summed E-state index contributed by atoms with van der Waals surface area (Å²) in [6, 6.07) is 7.73. The fourth-order valence-corrected chi connectivity index (χ4v) is 2.08. The first-order chi connectivity index (χ1) is 9.74. The topological polar surface area (TPSA) is 74.0 Å². The van der Waals surface area contributed by atoms with Crippen LogP contribution in [0.4, 0.5) is 0 Å². The predicted molar refractivity (Wildman–Crippen MR) is 83.3 cm³/mol. The second kappa shape index (κ2) is 5.60. The van der Waals surface area contributed by atoms with Gasteiger partial charge in [-0.2, -0.15) is 0 Å². The molecule has 1 aromatic heterocycles. The van der Waals surface area contributed by atoms with E-state index < -0.39 is 0 Å². The number of hydrogen-bond donors (Lipinski definition) is 3. The maximum atomic E-state index is 12.0. The van der Waals surface area contributed by atoms with Gasteiger partial charge in [-0.25, -0.2) is 0 Å². The second-order valence-electron chi connectivity index (χ2n) is 6.25. The monoisotopic (exact) mass is 287 g/mol. The van der Waals surface area contributed by atoms with Crippen molar-refractivity contribution in [3.63, 3.8) is 0 Å². The Labute approximate surface area is 124 Å². The van der Waals surface area contributed by atoms with Crippen LogP contribution in [0.3, 0.4) is 0 Å². The van der Waals surface area contributed by atoms with Gasteiger partial charge < -0.3 is 15.6 Å². The zero-order chi connectivity index (χ0) is 15.6. The molecule has 0 fully saturated rings. The highest BCUT2D eigenvalue weighted by Gasteiger charge is 2.15. The summed E-state index contributed by atoms with van der Waals surface area (Å²) in [5, 5.41) is 6.39. The number of aryl methyl sites for hydroxylation is 1. The highest BCUT2D eigenvalue weighted by molar-refractivity contribution is 5.99. The summed E-state index contributed by atoms with van der Waals surface area (Å²) in [6.45, 7) is 7.65. The molecule has 0 radical (unpaired) electrons. The van der Waals surface area contributed by atoms with Crippen molar-refractivity contribution in [1.82, 2.24) is 15.6 Å². The maximum Gasteiger partial charge on any atom is 0.268 e. The Bertz CT molecular complexity index is 680. The third-order valence-corrected chi connectivity index (χ3v) is 2.95. The van der Waals surface area contributed by atoms with Crippen LogP contribution in [-0.4, -0.2) is 28.9 Å². The summed E-state index contributed by atoms with van der Waals surface area (Å²) in [5.41, 5.74) is 2.19. The van der Waals surface area contributed by atoms with Crippen molar-refractivity contribution in [1.29, 1.82) is 0 Å². The zero-order valence-corrected chi connectivity index (χ0v) is 12.8. The van der Waals surface area contributed by atoms with Gasteiger partial charge in [0.2, 0.25) is 5.91 Å². The van der Waals surface area contributed by atoms with Crippen LogP contribution in [0.2, 0.25) is 0 Å². The molecule has 0 aliphatic rings. The predicted octanol–water partition coefficient (Wildman–Crippen LogP) is 2.12. The highest BCUT2D eigenvalue weighted by Crippen LogP contribution is 2.16. The average Bonchev–Trinajstić information content (AvgIpc) is 2.76. The van der Waals surface area contributed by atoms with Gasteiger partial charge in [0.1, 0.15) is 5.69 Å². The lowest BCUT2D eigenvalue weighted by atomic mass is 10.1. The van der Waals surface area contributed by atoms with E-state index in [1.54, 1.807) is 6.07 Å². The lowest BCUT2D eigenvalue weighted by molar-refractivity contribution is -0.121. The van der Waals surface area contributed by atoms with E-state index in [0.29, 0.717) is 5.69 Å². The molecular weight excluding hydrogens is 266 g/mol. The molecule has 21 heavy (non-hydrogen) atoms. The molecule has 0 atom stereocenters. The molecule has 0 aliphatic carbocycles. The van der Waals surface area contributed by atoms with Crippen LogP contribution in [0, 0.1) is 6.92 Å². The zero-order valence-electron chi connectivity index (χ0n) is 12.8. The Morgan fingerprint density at radius 2 is 1.90 bits per heavy atom. The second-order valence-corrected chi connectivity index (χ2v) is 6.25. The van der Waals surface area contributed by atoms with Crippen LogP contribution in [0.15, 0.2) is 24.3 Å². The van der Waals surface area contributed by atoms with Gasteiger partial charge in [0.15, 0.2) is 0 Å². The maximum absolute atomic E-state index is 12.0. The van der Waals surface area contributed by atoms with Gasteiger partial charge in [-0.05, 0) is 45.4 Å². The molecule has 0 saturated heterocycles. The molecule has 0 bridgehead atoms. The van der Waals surface area contributed by atoms with E-state index in [1.807, 2.05) is 45.9 Å². The number of H-pyrrole nitrogens is 1. The first-order valence-corrected chi connectivity index (χ1v) is 6.93. The van der Waals surface area contributed by atoms with E-state index in [1.165, 1.54) is 0 Å². The van der Waals surface area contributed by atoms with Crippen molar-refractivity contribution in [2.45, 2.75) is 33.2 Å². The molecule has 5 heteroatoms. The fraction of sp³-hybridized carbons (Fsp3) is 0.375. The van der Waals surface area contributed by atoms with Crippen molar-refractivity contribution in [3.8, 4) is 0 Å². The van der Waals surface area contributed by atoms with Crippen molar-refractivity contribution in [2.24, 2.45) is 0 Å². The molecule has 2 rings (SSSR count). The number of nitrogens with one attached hydrogen (secondary N) is 3. The number of carbonyl (C=O) groups is 2. The number of amides is 2. The molecule has 0 aliphatic heterocycles. The Balaban J connectivity index is 2.01. The first-order valence-electron chi connectivity index (χ1n) is 6.93. The molecule has 5 nitrogen and oxygen atoms in total. The number of fused-ring (bicyclic) bond motifs is 1. The van der Waals surface area contributed by atoms with Gasteiger partial charge in [-0.15, -0.1) is 0 Å². The van der Waals surface area contributed by atoms with Gasteiger partial charge in [-0.1, -0.05) is 12.1 Å². The van der Waals surface area contributed by atoms with Crippen LogP contribution in [-0.2, 0) is 4.79 Å². The third kappa shape index (κ3) is 4.08. The van der Waals surface area contributed by atoms with Crippen molar-refractivity contribution in [2.75, 3.05) is 6.54 Å². The largest absolute Gasteiger partial charge is 0.351 e. The van der Waals surface area contributed by atoms with E-state index in [-0.39, 0.29) is 23.9 Å². The first kappa shape index (κ1) is 15.1. The van der Waals surface area contributed by atoms with Crippen LogP contribution in [0.25, 0.3) is 10.9 Å². The summed E-state index contributed by atoms with van der Waals surface area (Å²) in [7, 11) is 0. The van der Waals surface area contributed by atoms with Crippen LogP contribution >= 0.6 is 0 Å². The number of aromatic amines is 1. The van der Waals surface area contributed by atoms with Crippen LogP contribution in [0.5, 0.6) is 0 Å². The van der Waals surface area contributed by atoms with Gasteiger partial charge in [0, 0.05) is 16.4 Å². The number of rotatable bonds is 3. The molecule has 0 saturated carbocycles. The standard InChI is InChI=1S/C16H21N3O2/c1-10-5-6-11-8-13(18-12(11)7-10)15(21)17-9-14(20)19-16(2,3)4/h5-8,18H,9H2,1-4H3,(H,17,21)(H,19,20). The van der Waals surface area contributed by atoms with E-state index in [9.17, 15) is 9.59 Å². The van der Waals surface area contributed by atoms with Gasteiger partial charge in [-0.3, -0.25) is 9.59 Å². The van der Waals surface area contributed by atoms with E-state index in [0.717, 1.165) is 16.5 Å². The minimum atomic E-state index is -0.305. The minimum Gasteiger partial charge on any atom is -0.351 e. The Kier molecular flexibility index (Phi) is 4.02. The van der Waals surface area contributed by atoms with Crippen molar-refractivity contribution < 1.29 is 9.59 Å². The summed E-state index contributed by atoms with van der Waals surface area (Å²) < 4.78 is 0. The SMILES string of the molecule is Cc1ccc2cc(C(=O)NCC(=O)NC(C)(C)C)[nH]c2c1. The lowest BCUT2D eigenvalue weighted by Gasteiger charge is -2.20. The third-order valence-electron chi connectivity index (χ3n) is 2.95. The van der Waals surface area contributed by atoms with Crippen molar-refractivity contribution >= 4 is 22.7 Å². The Hall–Kier alpha value is -2.30. The van der Waals surface area contributed by atoms with Gasteiger partial charge in [0.05, 0.1) is 6.54 Å².